The van der Waals surface area contributed by atoms with Gasteiger partial charge in [0.15, 0.2) is 0 Å². The molecule has 0 amide bonds. The van der Waals surface area contributed by atoms with Crippen LogP contribution in [0.5, 0.6) is 5.88 Å². The average Bonchev–Trinajstić information content (AvgIpc) is 2.50. The van der Waals surface area contributed by atoms with Crippen molar-refractivity contribution in [2.75, 3.05) is 0 Å². The summed E-state index contributed by atoms with van der Waals surface area (Å²) < 4.78 is 5.04. The second-order valence-electron chi connectivity index (χ2n) is 5.55. The van der Waals surface area contributed by atoms with Gasteiger partial charge in [-0.1, -0.05) is 27.7 Å². The molecule has 0 aromatic carbocycles. The molecule has 1 aromatic rings. The predicted octanol–water partition coefficient (Wildman–Crippen LogP) is 2.66. The number of carbonyl (C=O) groups is 1. The fourth-order valence-corrected chi connectivity index (χ4v) is 1.90. The summed E-state index contributed by atoms with van der Waals surface area (Å²) in [5.41, 5.74) is -0.741. The molecule has 0 fully saturated rings. The summed E-state index contributed by atoms with van der Waals surface area (Å²) in [7, 11) is 0. The van der Waals surface area contributed by atoms with Crippen molar-refractivity contribution in [3.05, 3.63) is 11.8 Å². The van der Waals surface area contributed by atoms with Crippen molar-refractivity contribution < 1.29 is 14.4 Å². The van der Waals surface area contributed by atoms with Crippen molar-refractivity contribution in [2.24, 2.45) is 5.41 Å². The van der Waals surface area contributed by atoms with Gasteiger partial charge >= 0.3 is 0 Å². The van der Waals surface area contributed by atoms with Crippen molar-refractivity contribution in [3.63, 3.8) is 0 Å². The van der Waals surface area contributed by atoms with E-state index in [9.17, 15) is 4.79 Å². The number of aromatic nitrogens is 1. The molecule has 0 spiro atoms. The first kappa shape index (κ1) is 12.7. The molecule has 0 aliphatic rings. The maximum atomic E-state index is 11.5. The molecule has 1 aromatic heterocycles. The molecule has 4 heteroatoms. The Bertz CT molecular complexity index is 391. The topological polar surface area (TPSA) is 63.3 Å². The summed E-state index contributed by atoms with van der Waals surface area (Å²) in [6.45, 7) is 9.35. The van der Waals surface area contributed by atoms with Crippen molar-refractivity contribution in [2.45, 2.75) is 46.5 Å². The van der Waals surface area contributed by atoms with E-state index in [-0.39, 0.29) is 17.1 Å². The van der Waals surface area contributed by atoms with Crippen LogP contribution in [0.1, 0.15) is 46.8 Å². The van der Waals surface area contributed by atoms with Crippen molar-refractivity contribution in [1.82, 2.24) is 5.16 Å². The van der Waals surface area contributed by atoms with Gasteiger partial charge in [-0.2, -0.15) is 0 Å². The Morgan fingerprint density at radius 1 is 1.44 bits per heavy atom. The molecule has 0 saturated heterocycles. The minimum atomic E-state index is -0.411. The molecular formula is C12H19NO3. The van der Waals surface area contributed by atoms with Gasteiger partial charge in [-0.3, -0.25) is 4.79 Å². The third kappa shape index (κ3) is 2.62. The number of hydrogen-bond acceptors (Lipinski definition) is 4. The number of hydrogen-bond donors (Lipinski definition) is 1. The number of rotatable bonds is 4. The zero-order valence-electron chi connectivity index (χ0n) is 10.5. The summed E-state index contributed by atoms with van der Waals surface area (Å²) in [5.74, 6) is 0.618. The Hall–Kier alpha value is -1.32. The van der Waals surface area contributed by atoms with Crippen LogP contribution in [0.2, 0.25) is 0 Å². The van der Waals surface area contributed by atoms with E-state index in [1.807, 2.05) is 27.7 Å². The Morgan fingerprint density at radius 3 is 2.38 bits per heavy atom. The number of Topliss-reactive ketones (excluding diaryl/α,β-unsaturated/α-hetero) is 1. The summed E-state index contributed by atoms with van der Waals surface area (Å²) in [4.78, 5) is 11.5. The monoisotopic (exact) mass is 225 g/mol. The highest BCUT2D eigenvalue weighted by Crippen LogP contribution is 2.37. The SMILES string of the molecule is CC(=O)C(C)(C)CC(C)(C)c1cc(O)no1. The van der Waals surface area contributed by atoms with Gasteiger partial charge in [0.2, 0.25) is 0 Å². The van der Waals surface area contributed by atoms with E-state index in [2.05, 4.69) is 5.16 Å². The Kier molecular flexibility index (Phi) is 3.13. The molecule has 1 heterocycles. The van der Waals surface area contributed by atoms with E-state index in [4.69, 9.17) is 9.63 Å². The maximum absolute atomic E-state index is 11.5. The molecule has 16 heavy (non-hydrogen) atoms. The fraction of sp³-hybridized carbons (Fsp3) is 0.667. The lowest BCUT2D eigenvalue weighted by Crippen LogP contribution is -2.31. The van der Waals surface area contributed by atoms with E-state index >= 15 is 0 Å². The number of carbonyl (C=O) groups excluding carboxylic acids is 1. The Labute approximate surface area is 95.6 Å². The third-order valence-electron chi connectivity index (χ3n) is 3.00. The van der Waals surface area contributed by atoms with Gasteiger partial charge in [0, 0.05) is 16.9 Å². The average molecular weight is 225 g/mol. The summed E-state index contributed by atoms with van der Waals surface area (Å²) in [5, 5.41) is 12.6. The molecule has 0 aliphatic carbocycles. The van der Waals surface area contributed by atoms with Crippen molar-refractivity contribution >= 4 is 5.78 Å². The minimum absolute atomic E-state index is 0.122. The molecule has 0 bridgehead atoms. The van der Waals surface area contributed by atoms with Gasteiger partial charge in [0.25, 0.3) is 5.88 Å². The maximum Gasteiger partial charge on any atom is 0.251 e. The molecule has 0 saturated carbocycles. The molecular weight excluding hydrogens is 206 g/mol. The van der Waals surface area contributed by atoms with Crippen LogP contribution in [0.4, 0.5) is 0 Å². The third-order valence-corrected chi connectivity index (χ3v) is 3.00. The van der Waals surface area contributed by atoms with Crippen molar-refractivity contribution in [1.29, 1.82) is 0 Å². The first-order valence-electron chi connectivity index (χ1n) is 5.32. The summed E-state index contributed by atoms with van der Waals surface area (Å²) in [6, 6.07) is 1.50. The van der Waals surface area contributed by atoms with Crippen LogP contribution >= 0.6 is 0 Å². The molecule has 1 rings (SSSR count). The molecule has 0 radical (unpaired) electrons. The first-order chi connectivity index (χ1) is 7.15. The normalized spacial score (nSPS) is 12.8. The Morgan fingerprint density at radius 2 is 2.00 bits per heavy atom. The van der Waals surface area contributed by atoms with Crippen LogP contribution in [0.15, 0.2) is 10.6 Å². The van der Waals surface area contributed by atoms with Gasteiger partial charge in [-0.05, 0) is 18.5 Å². The van der Waals surface area contributed by atoms with Gasteiger partial charge in [0.1, 0.15) is 11.5 Å². The van der Waals surface area contributed by atoms with Gasteiger partial charge in [0.05, 0.1) is 0 Å². The molecule has 0 unspecified atom stereocenters. The lowest BCUT2D eigenvalue weighted by Gasteiger charge is -2.31. The van der Waals surface area contributed by atoms with E-state index in [0.717, 1.165) is 0 Å². The molecule has 1 N–H and O–H groups in total. The van der Waals surface area contributed by atoms with Crippen LogP contribution in [-0.2, 0) is 10.2 Å². The molecule has 0 aliphatic heterocycles. The van der Waals surface area contributed by atoms with Crippen LogP contribution in [0.3, 0.4) is 0 Å². The first-order valence-corrected chi connectivity index (χ1v) is 5.32. The van der Waals surface area contributed by atoms with Crippen LogP contribution in [0.25, 0.3) is 0 Å². The largest absolute Gasteiger partial charge is 0.491 e. The number of ketones is 1. The summed E-state index contributed by atoms with van der Waals surface area (Å²) >= 11 is 0. The van der Waals surface area contributed by atoms with Crippen LogP contribution < -0.4 is 0 Å². The quantitative estimate of drug-likeness (QED) is 0.855. The van der Waals surface area contributed by atoms with Gasteiger partial charge in [-0.25, -0.2) is 0 Å². The lowest BCUT2D eigenvalue weighted by molar-refractivity contribution is -0.125. The summed E-state index contributed by atoms with van der Waals surface area (Å²) in [6.07, 6.45) is 0.643. The van der Waals surface area contributed by atoms with E-state index in [0.29, 0.717) is 12.2 Å². The van der Waals surface area contributed by atoms with Crippen LogP contribution in [-0.4, -0.2) is 16.0 Å². The van der Waals surface area contributed by atoms with Crippen molar-refractivity contribution in [3.8, 4) is 5.88 Å². The van der Waals surface area contributed by atoms with E-state index in [1.54, 1.807) is 6.92 Å². The predicted molar refractivity (Wildman–Crippen MR) is 60.3 cm³/mol. The Balaban J connectivity index is 2.91. The highest BCUT2D eigenvalue weighted by atomic mass is 16.5. The number of nitrogens with zero attached hydrogens (tertiary/aromatic N) is 1. The highest BCUT2D eigenvalue weighted by Gasteiger charge is 2.35. The fourth-order valence-electron chi connectivity index (χ4n) is 1.90. The van der Waals surface area contributed by atoms with Gasteiger partial charge in [-0.15, -0.1) is 0 Å². The van der Waals surface area contributed by atoms with Crippen LogP contribution in [0, 0.1) is 5.41 Å². The smallest absolute Gasteiger partial charge is 0.251 e. The second kappa shape index (κ2) is 3.92. The second-order valence-corrected chi connectivity index (χ2v) is 5.55. The zero-order chi connectivity index (χ0) is 12.6. The molecule has 90 valence electrons. The molecule has 4 nitrogen and oxygen atoms in total. The standard InChI is InChI=1S/C12H19NO3/c1-8(14)11(2,3)7-12(4,5)9-6-10(15)13-16-9/h6H,7H2,1-5H3,(H,13,15). The van der Waals surface area contributed by atoms with Gasteiger partial charge < -0.3 is 9.63 Å². The number of aromatic hydroxyl groups is 1. The molecule has 0 atom stereocenters. The van der Waals surface area contributed by atoms with E-state index < -0.39 is 5.41 Å². The minimum Gasteiger partial charge on any atom is -0.491 e. The highest BCUT2D eigenvalue weighted by molar-refractivity contribution is 5.81. The zero-order valence-corrected chi connectivity index (χ0v) is 10.5. The van der Waals surface area contributed by atoms with E-state index in [1.165, 1.54) is 6.07 Å². The lowest BCUT2D eigenvalue weighted by atomic mass is 9.72.